The third kappa shape index (κ3) is 3.40. The van der Waals surface area contributed by atoms with Crippen LogP contribution in [0.3, 0.4) is 0 Å². The van der Waals surface area contributed by atoms with Crippen molar-refractivity contribution >= 4 is 28.5 Å². The second kappa shape index (κ2) is 6.10. The predicted octanol–water partition coefficient (Wildman–Crippen LogP) is 2.63. The van der Waals surface area contributed by atoms with E-state index >= 15 is 0 Å². The highest BCUT2D eigenvalue weighted by Gasteiger charge is 2.00. The predicted molar refractivity (Wildman–Crippen MR) is 85.2 cm³/mol. The van der Waals surface area contributed by atoms with Crippen LogP contribution in [0.2, 0.25) is 0 Å². The normalized spacial score (nSPS) is 10.9. The number of nitrogens with one attached hydrogen (secondary N) is 1. The van der Waals surface area contributed by atoms with Crippen LogP contribution in [-0.2, 0) is 0 Å². The Labute approximate surface area is 125 Å². The monoisotopic (exact) mass is 296 g/mol. The van der Waals surface area contributed by atoms with E-state index in [0.717, 1.165) is 11.1 Å². The van der Waals surface area contributed by atoms with Crippen LogP contribution in [0.25, 0.3) is 11.4 Å². The lowest BCUT2D eigenvalue weighted by Crippen LogP contribution is -1.92. The van der Waals surface area contributed by atoms with E-state index < -0.39 is 0 Å². The van der Waals surface area contributed by atoms with Crippen LogP contribution in [0.1, 0.15) is 5.56 Å². The lowest BCUT2D eigenvalue weighted by atomic mass is 10.1. The van der Waals surface area contributed by atoms with Crippen molar-refractivity contribution in [1.82, 2.24) is 15.0 Å². The lowest BCUT2D eigenvalue weighted by Gasteiger charge is -2.00. The number of benzene rings is 1. The van der Waals surface area contributed by atoms with Crippen LogP contribution in [0.5, 0.6) is 0 Å². The van der Waals surface area contributed by atoms with Gasteiger partial charge in [0.25, 0.3) is 0 Å². The number of rotatable bonds is 4. The Balaban J connectivity index is 1.74. The highest BCUT2D eigenvalue weighted by Crippen LogP contribution is 2.17. The van der Waals surface area contributed by atoms with E-state index in [1.165, 1.54) is 11.3 Å². The Kier molecular flexibility index (Phi) is 3.83. The van der Waals surface area contributed by atoms with Crippen molar-refractivity contribution in [2.45, 2.75) is 0 Å². The number of hydrogen-bond donors (Lipinski definition) is 2. The van der Waals surface area contributed by atoms with E-state index in [1.807, 2.05) is 24.3 Å². The molecule has 0 saturated carbocycles. The first kappa shape index (κ1) is 13.2. The Morgan fingerprint density at radius 2 is 2.05 bits per heavy atom. The molecule has 0 bridgehead atoms. The molecule has 104 valence electrons. The van der Waals surface area contributed by atoms with Gasteiger partial charge in [-0.3, -0.25) is 5.43 Å². The first-order valence-electron chi connectivity index (χ1n) is 6.19. The largest absolute Gasteiger partial charge is 0.383 e. The summed E-state index contributed by atoms with van der Waals surface area (Å²) in [6.07, 6.45) is 5.15. The first-order valence-corrected chi connectivity index (χ1v) is 7.07. The molecular weight excluding hydrogens is 284 g/mol. The molecule has 0 aliphatic rings. The van der Waals surface area contributed by atoms with E-state index in [4.69, 9.17) is 5.73 Å². The smallest absolute Gasteiger partial charge is 0.205 e. The number of hydrazone groups is 1. The molecule has 3 N–H and O–H groups in total. The SMILES string of the molecule is Nc1csc(NN=Cc2cccc(-c3ncccn3)c2)n1. The summed E-state index contributed by atoms with van der Waals surface area (Å²) >= 11 is 1.40. The van der Waals surface area contributed by atoms with Crippen LogP contribution in [0, 0.1) is 0 Å². The molecule has 21 heavy (non-hydrogen) atoms. The molecule has 0 amide bonds. The van der Waals surface area contributed by atoms with Gasteiger partial charge in [0, 0.05) is 23.3 Å². The maximum Gasteiger partial charge on any atom is 0.205 e. The van der Waals surface area contributed by atoms with Crippen LogP contribution in [0.4, 0.5) is 10.9 Å². The van der Waals surface area contributed by atoms with E-state index in [0.29, 0.717) is 16.8 Å². The van der Waals surface area contributed by atoms with Gasteiger partial charge in [-0.2, -0.15) is 5.10 Å². The molecule has 0 radical (unpaired) electrons. The van der Waals surface area contributed by atoms with E-state index in [9.17, 15) is 0 Å². The van der Waals surface area contributed by atoms with Crippen LogP contribution in [-0.4, -0.2) is 21.2 Å². The van der Waals surface area contributed by atoms with E-state index in [2.05, 4.69) is 25.5 Å². The highest BCUT2D eigenvalue weighted by molar-refractivity contribution is 7.14. The molecule has 6 nitrogen and oxygen atoms in total. The maximum absolute atomic E-state index is 5.54. The average molecular weight is 296 g/mol. The van der Waals surface area contributed by atoms with Crippen molar-refractivity contribution < 1.29 is 0 Å². The fourth-order valence-corrected chi connectivity index (χ4v) is 2.25. The summed E-state index contributed by atoms with van der Waals surface area (Å²) < 4.78 is 0. The molecular formula is C14H12N6S. The fraction of sp³-hybridized carbons (Fsp3) is 0. The van der Waals surface area contributed by atoms with Crippen LogP contribution >= 0.6 is 11.3 Å². The number of hydrogen-bond acceptors (Lipinski definition) is 7. The number of nitrogen functional groups attached to an aromatic ring is 1. The lowest BCUT2D eigenvalue weighted by molar-refractivity contribution is 1.18. The number of anilines is 2. The zero-order chi connectivity index (χ0) is 14.5. The third-order valence-corrected chi connectivity index (χ3v) is 3.37. The number of aromatic nitrogens is 3. The van der Waals surface area contributed by atoms with Gasteiger partial charge in [-0.25, -0.2) is 15.0 Å². The van der Waals surface area contributed by atoms with Gasteiger partial charge in [0.1, 0.15) is 5.82 Å². The molecule has 3 rings (SSSR count). The summed E-state index contributed by atoms with van der Waals surface area (Å²) in [6, 6.07) is 9.61. The summed E-state index contributed by atoms with van der Waals surface area (Å²) in [7, 11) is 0. The molecule has 0 aliphatic carbocycles. The number of thiazole rings is 1. The van der Waals surface area contributed by atoms with Gasteiger partial charge in [-0.05, 0) is 17.7 Å². The first-order chi connectivity index (χ1) is 10.3. The quantitative estimate of drug-likeness (QED) is 0.570. The maximum atomic E-state index is 5.54. The van der Waals surface area contributed by atoms with Crippen LogP contribution < -0.4 is 11.2 Å². The molecule has 2 heterocycles. The number of nitrogens with two attached hydrogens (primary N) is 1. The van der Waals surface area contributed by atoms with E-state index in [-0.39, 0.29) is 0 Å². The molecule has 0 aliphatic heterocycles. The van der Waals surface area contributed by atoms with Gasteiger partial charge in [-0.1, -0.05) is 18.2 Å². The molecule has 0 atom stereocenters. The Bertz CT molecular complexity index is 753. The minimum atomic E-state index is 0.487. The zero-order valence-electron chi connectivity index (χ0n) is 11.0. The molecule has 0 fully saturated rings. The topological polar surface area (TPSA) is 89.1 Å². The molecule has 2 aromatic heterocycles. The van der Waals surface area contributed by atoms with Gasteiger partial charge in [0.05, 0.1) is 6.21 Å². The van der Waals surface area contributed by atoms with Gasteiger partial charge in [-0.15, -0.1) is 11.3 Å². The molecule has 0 saturated heterocycles. The standard InChI is InChI=1S/C14H12N6S/c15-12-9-21-14(19-12)20-18-8-10-3-1-4-11(7-10)13-16-5-2-6-17-13/h1-9H,15H2,(H,19,20). The second-order valence-electron chi connectivity index (χ2n) is 4.15. The Hall–Kier alpha value is -2.80. The van der Waals surface area contributed by atoms with Gasteiger partial charge in [0.15, 0.2) is 5.82 Å². The van der Waals surface area contributed by atoms with Crippen LogP contribution in [0.15, 0.2) is 53.2 Å². The summed E-state index contributed by atoms with van der Waals surface area (Å²) in [5.41, 5.74) is 10.3. The third-order valence-electron chi connectivity index (χ3n) is 2.61. The van der Waals surface area contributed by atoms with Gasteiger partial charge < -0.3 is 5.73 Å². The minimum Gasteiger partial charge on any atom is -0.383 e. The van der Waals surface area contributed by atoms with E-state index in [1.54, 1.807) is 30.1 Å². The van der Waals surface area contributed by atoms with Gasteiger partial charge >= 0.3 is 0 Å². The fourth-order valence-electron chi connectivity index (χ4n) is 1.71. The average Bonchev–Trinajstić information content (AvgIpc) is 2.94. The van der Waals surface area contributed by atoms with Crippen molar-refractivity contribution in [3.63, 3.8) is 0 Å². The summed E-state index contributed by atoms with van der Waals surface area (Å²) in [5.74, 6) is 1.18. The molecule has 1 aromatic carbocycles. The summed E-state index contributed by atoms with van der Waals surface area (Å²) in [5, 5.41) is 6.55. The Morgan fingerprint density at radius 1 is 1.19 bits per heavy atom. The van der Waals surface area contributed by atoms with Gasteiger partial charge in [0.2, 0.25) is 5.13 Å². The van der Waals surface area contributed by atoms with Crippen molar-refractivity contribution in [1.29, 1.82) is 0 Å². The Morgan fingerprint density at radius 3 is 2.81 bits per heavy atom. The minimum absolute atomic E-state index is 0.487. The zero-order valence-corrected chi connectivity index (χ0v) is 11.8. The molecule has 3 aromatic rings. The molecule has 7 heteroatoms. The number of nitrogens with zero attached hydrogens (tertiary/aromatic N) is 4. The molecule has 0 spiro atoms. The van der Waals surface area contributed by atoms with Crippen molar-refractivity contribution in [3.05, 3.63) is 53.7 Å². The molecule has 0 unspecified atom stereocenters. The van der Waals surface area contributed by atoms with Crippen molar-refractivity contribution in [3.8, 4) is 11.4 Å². The van der Waals surface area contributed by atoms with Crippen molar-refractivity contribution in [2.24, 2.45) is 5.10 Å². The summed E-state index contributed by atoms with van der Waals surface area (Å²) in [4.78, 5) is 12.5. The second-order valence-corrected chi connectivity index (χ2v) is 5.00. The van der Waals surface area contributed by atoms with Crippen molar-refractivity contribution in [2.75, 3.05) is 11.2 Å². The highest BCUT2D eigenvalue weighted by atomic mass is 32.1. The summed E-state index contributed by atoms with van der Waals surface area (Å²) in [6.45, 7) is 0.